The number of hydrazine groups is 1. The summed E-state index contributed by atoms with van der Waals surface area (Å²) in [6, 6.07) is 14.9. The van der Waals surface area contributed by atoms with Crippen molar-refractivity contribution in [2.45, 2.75) is 6.92 Å². The van der Waals surface area contributed by atoms with Crippen LogP contribution in [0.15, 0.2) is 59.1 Å². The minimum absolute atomic E-state index is 0.181. The third kappa shape index (κ3) is 5.55. The predicted molar refractivity (Wildman–Crippen MR) is 96.1 cm³/mol. The van der Waals surface area contributed by atoms with Crippen molar-refractivity contribution in [2.24, 2.45) is 0 Å². The maximum atomic E-state index is 11.7. The van der Waals surface area contributed by atoms with Crippen LogP contribution in [0.5, 0.6) is 5.75 Å². The number of hydrogen-bond donors (Lipinski definition) is 2. The Kier molecular flexibility index (Phi) is 6.57. The number of para-hydroxylation sites is 1. The van der Waals surface area contributed by atoms with Gasteiger partial charge in [0.25, 0.3) is 11.8 Å². The van der Waals surface area contributed by atoms with Crippen LogP contribution in [0.25, 0.3) is 6.08 Å². The molecule has 2 aromatic rings. The maximum absolute atomic E-state index is 11.7. The molecule has 0 fully saturated rings. The Balaban J connectivity index is 1.76. The van der Waals surface area contributed by atoms with Crippen LogP contribution in [0.3, 0.4) is 0 Å². The average molecular weight is 389 g/mol. The minimum atomic E-state index is -0.444. The zero-order chi connectivity index (χ0) is 17.4. The topological polar surface area (TPSA) is 67.4 Å². The van der Waals surface area contributed by atoms with Gasteiger partial charge in [0, 0.05) is 10.5 Å². The van der Waals surface area contributed by atoms with Crippen molar-refractivity contribution >= 4 is 33.8 Å². The van der Waals surface area contributed by atoms with E-state index in [0.717, 1.165) is 15.6 Å². The van der Waals surface area contributed by atoms with Gasteiger partial charge < -0.3 is 4.74 Å². The van der Waals surface area contributed by atoms with E-state index in [2.05, 4.69) is 26.8 Å². The van der Waals surface area contributed by atoms with Crippen molar-refractivity contribution in [3.05, 3.63) is 70.2 Å². The van der Waals surface area contributed by atoms with E-state index >= 15 is 0 Å². The van der Waals surface area contributed by atoms with E-state index in [-0.39, 0.29) is 6.61 Å². The normalized spacial score (nSPS) is 10.4. The fraction of sp³-hybridized carbons (Fsp3) is 0.111. The highest BCUT2D eigenvalue weighted by Crippen LogP contribution is 2.17. The molecule has 124 valence electrons. The van der Waals surface area contributed by atoms with E-state index in [4.69, 9.17) is 4.74 Å². The van der Waals surface area contributed by atoms with Crippen LogP contribution in [0, 0.1) is 6.92 Å². The number of halogens is 1. The Labute approximate surface area is 148 Å². The van der Waals surface area contributed by atoms with Gasteiger partial charge in [-0.2, -0.15) is 0 Å². The molecule has 0 aliphatic carbocycles. The van der Waals surface area contributed by atoms with Gasteiger partial charge in [0.1, 0.15) is 5.75 Å². The molecule has 0 radical (unpaired) electrons. The summed E-state index contributed by atoms with van der Waals surface area (Å²) < 4.78 is 6.27. The van der Waals surface area contributed by atoms with Gasteiger partial charge in [-0.15, -0.1) is 0 Å². The molecule has 0 unspecified atom stereocenters. The molecular weight excluding hydrogens is 372 g/mol. The van der Waals surface area contributed by atoms with Crippen LogP contribution >= 0.6 is 15.9 Å². The summed E-state index contributed by atoms with van der Waals surface area (Å²) in [7, 11) is 0. The average Bonchev–Trinajstić information content (AvgIpc) is 2.58. The smallest absolute Gasteiger partial charge is 0.276 e. The molecular formula is C18H17BrN2O3. The van der Waals surface area contributed by atoms with Gasteiger partial charge in [-0.3, -0.25) is 20.4 Å². The molecule has 0 aliphatic heterocycles. The first-order valence-corrected chi connectivity index (χ1v) is 8.05. The first-order chi connectivity index (χ1) is 11.6. The standard InChI is InChI=1S/C18H17BrN2O3/c1-13-6-2-5-9-16(13)24-12-18(23)21-20-17(22)11-10-14-7-3-4-8-15(14)19/h2-11H,12H2,1H3,(H,20,22)(H,21,23)/b11-10+. The number of carbonyl (C=O) groups excluding carboxylic acids is 2. The third-order valence-corrected chi connectivity index (χ3v) is 3.82. The van der Waals surface area contributed by atoms with Gasteiger partial charge in [-0.1, -0.05) is 52.3 Å². The number of benzene rings is 2. The number of nitrogens with one attached hydrogen (secondary N) is 2. The predicted octanol–water partition coefficient (Wildman–Crippen LogP) is 3.00. The second-order valence-corrected chi connectivity index (χ2v) is 5.80. The van der Waals surface area contributed by atoms with Crippen molar-refractivity contribution in [3.8, 4) is 5.75 Å². The highest BCUT2D eigenvalue weighted by atomic mass is 79.9. The molecule has 24 heavy (non-hydrogen) atoms. The summed E-state index contributed by atoms with van der Waals surface area (Å²) in [6.07, 6.45) is 2.98. The number of hydrogen-bond acceptors (Lipinski definition) is 3. The number of rotatable bonds is 5. The van der Waals surface area contributed by atoms with E-state index in [1.54, 1.807) is 12.1 Å². The molecule has 0 bridgehead atoms. The number of aryl methyl sites for hydroxylation is 1. The lowest BCUT2D eigenvalue weighted by Gasteiger charge is -2.09. The molecule has 2 N–H and O–H groups in total. The Hall–Kier alpha value is -2.60. The Bertz CT molecular complexity index is 759. The Morgan fingerprint density at radius 2 is 1.79 bits per heavy atom. The van der Waals surface area contributed by atoms with E-state index in [1.165, 1.54) is 6.08 Å². The van der Waals surface area contributed by atoms with Gasteiger partial charge in [-0.25, -0.2) is 0 Å². The quantitative estimate of drug-likeness (QED) is 0.610. The molecule has 5 nitrogen and oxygen atoms in total. The number of amides is 2. The van der Waals surface area contributed by atoms with Crippen LogP contribution in [0.4, 0.5) is 0 Å². The SMILES string of the molecule is Cc1ccccc1OCC(=O)NNC(=O)/C=C/c1ccccc1Br. The van der Waals surface area contributed by atoms with Crippen molar-refractivity contribution in [1.82, 2.24) is 10.9 Å². The van der Waals surface area contributed by atoms with Gasteiger partial charge in [0.2, 0.25) is 0 Å². The minimum Gasteiger partial charge on any atom is -0.483 e. The largest absolute Gasteiger partial charge is 0.483 e. The van der Waals surface area contributed by atoms with E-state index in [0.29, 0.717) is 5.75 Å². The lowest BCUT2D eigenvalue weighted by atomic mass is 10.2. The van der Waals surface area contributed by atoms with Gasteiger partial charge in [0.15, 0.2) is 6.61 Å². The monoisotopic (exact) mass is 388 g/mol. The summed E-state index contributed by atoms with van der Waals surface area (Å²) >= 11 is 3.39. The van der Waals surface area contributed by atoms with Crippen LogP contribution < -0.4 is 15.6 Å². The fourth-order valence-corrected chi connectivity index (χ4v) is 2.26. The second kappa shape index (κ2) is 8.88. The second-order valence-electron chi connectivity index (χ2n) is 4.95. The van der Waals surface area contributed by atoms with Crippen molar-refractivity contribution in [3.63, 3.8) is 0 Å². The maximum Gasteiger partial charge on any atom is 0.276 e. The molecule has 0 aliphatic rings. The summed E-state index contributed by atoms with van der Waals surface area (Å²) in [5.41, 5.74) is 6.40. The Morgan fingerprint density at radius 1 is 1.08 bits per heavy atom. The van der Waals surface area contributed by atoms with Crippen LogP contribution in [-0.2, 0) is 9.59 Å². The van der Waals surface area contributed by atoms with E-state index in [1.807, 2.05) is 49.4 Å². The molecule has 6 heteroatoms. The van der Waals surface area contributed by atoms with Gasteiger partial charge in [-0.05, 0) is 36.3 Å². The highest BCUT2D eigenvalue weighted by Gasteiger charge is 2.05. The van der Waals surface area contributed by atoms with Crippen molar-refractivity contribution in [2.75, 3.05) is 6.61 Å². The van der Waals surface area contributed by atoms with Crippen molar-refractivity contribution in [1.29, 1.82) is 0 Å². The molecule has 2 rings (SSSR count). The number of ether oxygens (including phenoxy) is 1. The first-order valence-electron chi connectivity index (χ1n) is 7.26. The molecule has 0 heterocycles. The fourth-order valence-electron chi connectivity index (χ4n) is 1.85. The highest BCUT2D eigenvalue weighted by molar-refractivity contribution is 9.10. The van der Waals surface area contributed by atoms with Crippen LogP contribution in [0.1, 0.15) is 11.1 Å². The zero-order valence-corrected chi connectivity index (χ0v) is 14.7. The van der Waals surface area contributed by atoms with Gasteiger partial charge >= 0.3 is 0 Å². The lowest BCUT2D eigenvalue weighted by Crippen LogP contribution is -2.43. The van der Waals surface area contributed by atoms with E-state index in [9.17, 15) is 9.59 Å². The lowest BCUT2D eigenvalue weighted by molar-refractivity contribution is -0.128. The molecule has 0 spiro atoms. The summed E-state index contributed by atoms with van der Waals surface area (Å²) in [5.74, 6) is -0.247. The van der Waals surface area contributed by atoms with Crippen LogP contribution in [0.2, 0.25) is 0 Å². The molecule has 2 aromatic carbocycles. The van der Waals surface area contributed by atoms with Crippen LogP contribution in [-0.4, -0.2) is 18.4 Å². The molecule has 2 amide bonds. The first kappa shape index (κ1) is 17.7. The van der Waals surface area contributed by atoms with E-state index < -0.39 is 11.8 Å². The Morgan fingerprint density at radius 3 is 2.54 bits per heavy atom. The van der Waals surface area contributed by atoms with Gasteiger partial charge in [0.05, 0.1) is 0 Å². The molecule has 0 saturated heterocycles. The number of carbonyl (C=O) groups is 2. The summed E-state index contributed by atoms with van der Waals surface area (Å²) in [4.78, 5) is 23.4. The molecule has 0 aromatic heterocycles. The molecule has 0 atom stereocenters. The summed E-state index contributed by atoms with van der Waals surface area (Å²) in [5, 5.41) is 0. The zero-order valence-electron chi connectivity index (χ0n) is 13.1. The third-order valence-electron chi connectivity index (χ3n) is 3.10. The summed E-state index contributed by atoms with van der Waals surface area (Å²) in [6.45, 7) is 1.71. The van der Waals surface area contributed by atoms with Crippen molar-refractivity contribution < 1.29 is 14.3 Å². The molecule has 0 saturated carbocycles.